The summed E-state index contributed by atoms with van der Waals surface area (Å²) < 4.78 is 0. The Balaban J connectivity index is 0.971. The van der Waals surface area contributed by atoms with Gasteiger partial charge in [0.05, 0.1) is 18.8 Å². The molecule has 3 saturated heterocycles. The molecule has 0 spiro atoms. The molecule has 0 aliphatic carbocycles. The number of aliphatic hydroxyl groups is 2. The summed E-state index contributed by atoms with van der Waals surface area (Å²) in [5.74, 6) is 0. The average Bonchev–Trinajstić information content (AvgIpc) is 3.51. The number of unbranched alkanes of at least 4 members (excludes halogenated alkanes) is 14. The van der Waals surface area contributed by atoms with Gasteiger partial charge in [0.2, 0.25) is 0 Å². The Bertz CT molecular complexity index is 872. The Morgan fingerprint density at radius 2 is 1.09 bits per heavy atom. The molecule has 4 aliphatic rings. The number of hydrogen-bond donors (Lipinski definition) is 5. The molecule has 0 aromatic carbocycles. The smallest absolute Gasteiger partial charge is 0.111 e. The summed E-state index contributed by atoms with van der Waals surface area (Å²) in [6.45, 7) is 6.91. The highest BCUT2D eigenvalue weighted by Gasteiger charge is 2.30. The second-order valence-electron chi connectivity index (χ2n) is 15.8. The van der Waals surface area contributed by atoms with Gasteiger partial charge in [-0.3, -0.25) is 0 Å². The van der Waals surface area contributed by atoms with Crippen LogP contribution in [0.25, 0.3) is 0 Å². The van der Waals surface area contributed by atoms with Gasteiger partial charge in [0.1, 0.15) is 12.2 Å². The third kappa shape index (κ3) is 13.7. The summed E-state index contributed by atoms with van der Waals surface area (Å²) in [5.41, 5.74) is 5.26. The first kappa shape index (κ1) is 37.1. The van der Waals surface area contributed by atoms with Gasteiger partial charge in [0.25, 0.3) is 0 Å². The van der Waals surface area contributed by atoms with E-state index in [4.69, 9.17) is 0 Å². The van der Waals surface area contributed by atoms with Gasteiger partial charge in [-0.1, -0.05) is 89.9 Å². The van der Waals surface area contributed by atoms with E-state index in [-0.39, 0.29) is 24.3 Å². The first-order chi connectivity index (χ1) is 22.0. The SMILES string of the molecule is C[C@@H]1N[C@H](CCCCCCCCCCC2=CC(CCCCCCCCCC[C@@H]3CC[C@H](O)[C@@H](C)N3)=C3CCC[NH+]3C2)CC[C@H]1O. The first-order valence-electron chi connectivity index (χ1n) is 20.1. The quantitative estimate of drug-likeness (QED) is 0.0799. The van der Waals surface area contributed by atoms with Crippen LogP contribution in [0.15, 0.2) is 22.9 Å². The zero-order valence-corrected chi connectivity index (χ0v) is 29.7. The summed E-state index contributed by atoms with van der Waals surface area (Å²) >= 11 is 0. The highest BCUT2D eigenvalue weighted by Crippen LogP contribution is 2.25. The van der Waals surface area contributed by atoms with Crippen molar-refractivity contribution in [3.8, 4) is 0 Å². The van der Waals surface area contributed by atoms with Crippen molar-refractivity contribution in [2.75, 3.05) is 13.1 Å². The van der Waals surface area contributed by atoms with Gasteiger partial charge in [0.15, 0.2) is 0 Å². The van der Waals surface area contributed by atoms with Crippen LogP contribution >= 0.6 is 0 Å². The van der Waals surface area contributed by atoms with Crippen LogP contribution < -0.4 is 15.5 Å². The maximum absolute atomic E-state index is 9.89. The van der Waals surface area contributed by atoms with E-state index in [0.29, 0.717) is 12.1 Å². The maximum atomic E-state index is 9.89. The Hall–Kier alpha value is -0.720. The van der Waals surface area contributed by atoms with Crippen LogP contribution in [-0.2, 0) is 0 Å². The normalized spacial score (nSPS) is 30.5. The van der Waals surface area contributed by atoms with E-state index >= 15 is 0 Å². The molecule has 4 rings (SSSR count). The molecule has 0 amide bonds. The predicted octanol–water partition coefficient (Wildman–Crippen LogP) is 7.66. The molecule has 45 heavy (non-hydrogen) atoms. The minimum Gasteiger partial charge on any atom is -0.392 e. The lowest BCUT2D eigenvalue weighted by atomic mass is 9.93. The largest absolute Gasteiger partial charge is 0.392 e. The topological polar surface area (TPSA) is 69.0 Å². The number of rotatable bonds is 22. The van der Waals surface area contributed by atoms with E-state index < -0.39 is 0 Å². The molecule has 4 aliphatic heterocycles. The fraction of sp³-hybridized carbons (Fsp3) is 0.900. The first-order valence-corrected chi connectivity index (χ1v) is 20.1. The van der Waals surface area contributed by atoms with Crippen LogP contribution in [-0.4, -0.2) is 59.7 Å². The van der Waals surface area contributed by atoms with Gasteiger partial charge >= 0.3 is 0 Å². The Kier molecular flexibility index (Phi) is 17.6. The highest BCUT2D eigenvalue weighted by molar-refractivity contribution is 5.30. The molecule has 0 bridgehead atoms. The fourth-order valence-corrected chi connectivity index (χ4v) is 8.83. The summed E-state index contributed by atoms with van der Waals surface area (Å²) in [7, 11) is 0. The third-order valence-electron chi connectivity index (χ3n) is 11.9. The number of piperidine rings is 2. The molecular formula is C40H74N3O2+. The van der Waals surface area contributed by atoms with E-state index in [1.54, 1.807) is 16.8 Å². The van der Waals surface area contributed by atoms with E-state index in [9.17, 15) is 10.2 Å². The van der Waals surface area contributed by atoms with E-state index in [2.05, 4.69) is 30.6 Å². The number of allylic oxidation sites excluding steroid dienone is 3. The van der Waals surface area contributed by atoms with E-state index in [1.807, 2.05) is 4.90 Å². The predicted molar refractivity (Wildman–Crippen MR) is 191 cm³/mol. The molecule has 260 valence electrons. The van der Waals surface area contributed by atoms with E-state index in [1.165, 1.54) is 154 Å². The molecule has 4 heterocycles. The molecule has 0 saturated carbocycles. The second-order valence-corrected chi connectivity index (χ2v) is 15.8. The zero-order chi connectivity index (χ0) is 31.7. The maximum Gasteiger partial charge on any atom is 0.111 e. The van der Waals surface area contributed by atoms with Crippen LogP contribution in [0.3, 0.4) is 0 Å². The van der Waals surface area contributed by atoms with Gasteiger partial charge in [-0.25, -0.2) is 0 Å². The van der Waals surface area contributed by atoms with Crippen molar-refractivity contribution in [3.63, 3.8) is 0 Å². The lowest BCUT2D eigenvalue weighted by molar-refractivity contribution is -0.847. The van der Waals surface area contributed by atoms with Crippen molar-refractivity contribution in [3.05, 3.63) is 22.9 Å². The summed E-state index contributed by atoms with van der Waals surface area (Å²) in [6.07, 6.45) is 36.9. The number of aliphatic hydroxyl groups excluding tert-OH is 2. The average molecular weight is 629 g/mol. The minimum atomic E-state index is -0.143. The van der Waals surface area contributed by atoms with Gasteiger partial charge < -0.3 is 25.7 Å². The van der Waals surface area contributed by atoms with Gasteiger partial charge in [0, 0.05) is 42.6 Å². The Morgan fingerprint density at radius 3 is 1.60 bits per heavy atom. The van der Waals surface area contributed by atoms with Crippen molar-refractivity contribution in [1.82, 2.24) is 10.6 Å². The van der Waals surface area contributed by atoms with Crippen molar-refractivity contribution < 1.29 is 15.1 Å². The standard InChI is InChI=1S/C40H73N3O2/c1-32-39(44)27-25-36(41-32)22-17-13-9-5-3-7-11-15-20-34-30-35(38-24-19-29-43(38)31-34)21-16-12-8-4-6-10-14-18-23-37-26-28-40(45)33(2)42-37/h30,32-33,36-37,39-42,44-45H,3-29,31H2,1-2H3/p+1/t32-,33+,36+,37+,39+,40-/m0/s1. The zero-order valence-electron chi connectivity index (χ0n) is 29.7. The van der Waals surface area contributed by atoms with Crippen LogP contribution in [0.1, 0.15) is 181 Å². The molecule has 0 aromatic rings. The molecule has 5 N–H and O–H groups in total. The van der Waals surface area contributed by atoms with Crippen LogP contribution in [0.2, 0.25) is 0 Å². The summed E-state index contributed by atoms with van der Waals surface area (Å²) in [5, 5.41) is 27.0. The molecule has 1 unspecified atom stereocenters. The number of nitrogens with one attached hydrogen (secondary N) is 3. The van der Waals surface area contributed by atoms with Crippen LogP contribution in [0.5, 0.6) is 0 Å². The number of quaternary nitrogens is 1. The third-order valence-corrected chi connectivity index (χ3v) is 11.9. The molecule has 0 radical (unpaired) electrons. The van der Waals surface area contributed by atoms with Gasteiger partial charge in [-0.05, 0) is 89.7 Å². The summed E-state index contributed by atoms with van der Waals surface area (Å²) in [4.78, 5) is 1.81. The minimum absolute atomic E-state index is 0.143. The Morgan fingerprint density at radius 1 is 0.622 bits per heavy atom. The van der Waals surface area contributed by atoms with Crippen LogP contribution in [0.4, 0.5) is 0 Å². The summed E-state index contributed by atoms with van der Waals surface area (Å²) in [6, 6.07) is 1.81. The van der Waals surface area contributed by atoms with Gasteiger partial charge in [-0.2, -0.15) is 0 Å². The van der Waals surface area contributed by atoms with Crippen LogP contribution in [0, 0.1) is 0 Å². The lowest BCUT2D eigenvalue weighted by Crippen LogP contribution is -3.09. The van der Waals surface area contributed by atoms with Crippen molar-refractivity contribution in [2.45, 2.75) is 217 Å². The molecule has 5 heteroatoms. The fourth-order valence-electron chi connectivity index (χ4n) is 8.83. The highest BCUT2D eigenvalue weighted by atomic mass is 16.3. The lowest BCUT2D eigenvalue weighted by Gasteiger charge is -2.32. The van der Waals surface area contributed by atoms with Crippen molar-refractivity contribution in [1.29, 1.82) is 0 Å². The van der Waals surface area contributed by atoms with E-state index in [0.717, 1.165) is 25.7 Å². The Labute approximate surface area is 278 Å². The van der Waals surface area contributed by atoms with Crippen molar-refractivity contribution >= 4 is 0 Å². The number of hydrogen-bond acceptors (Lipinski definition) is 4. The number of fused-ring (bicyclic) bond motifs is 1. The molecular weight excluding hydrogens is 554 g/mol. The monoisotopic (exact) mass is 629 g/mol. The van der Waals surface area contributed by atoms with Gasteiger partial charge in [-0.15, -0.1) is 0 Å². The molecule has 3 fully saturated rings. The molecule has 5 nitrogen and oxygen atoms in total. The second kappa shape index (κ2) is 21.3. The molecule has 0 aromatic heterocycles. The molecule has 7 atom stereocenters. The van der Waals surface area contributed by atoms with Crippen molar-refractivity contribution in [2.24, 2.45) is 0 Å².